The first kappa shape index (κ1) is 9.75. The van der Waals surface area contributed by atoms with E-state index in [0.717, 1.165) is 15.6 Å². The van der Waals surface area contributed by atoms with Crippen LogP contribution in [0.4, 0.5) is 0 Å². The molecule has 1 heterocycles. The van der Waals surface area contributed by atoms with Crippen LogP contribution in [0.25, 0.3) is 10.1 Å². The first-order chi connectivity index (χ1) is 7.31. The molecule has 0 radical (unpaired) electrons. The van der Waals surface area contributed by atoms with Crippen LogP contribution in [0, 0.1) is 11.8 Å². The summed E-state index contributed by atoms with van der Waals surface area (Å²) in [6, 6.07) is 7.88. The van der Waals surface area contributed by atoms with Crippen molar-refractivity contribution in [3.05, 3.63) is 35.2 Å². The lowest BCUT2D eigenvalue weighted by Gasteiger charge is -1.92. The predicted molar refractivity (Wildman–Crippen MR) is 60.7 cm³/mol. The molecular weight excluding hydrogens is 208 g/mol. The Balaban J connectivity index is 2.46. The van der Waals surface area contributed by atoms with Crippen molar-refractivity contribution in [3.63, 3.8) is 0 Å². The molecule has 0 aliphatic heterocycles. The lowest BCUT2D eigenvalue weighted by molar-refractivity contribution is -0.133. The zero-order valence-corrected chi connectivity index (χ0v) is 8.93. The number of hydrogen-bond acceptors (Lipinski definition) is 3. The molecule has 1 aromatic carbocycles. The minimum Gasteiger partial charge on any atom is -0.459 e. The summed E-state index contributed by atoms with van der Waals surface area (Å²) in [7, 11) is 1.32. The number of esters is 1. The molecule has 74 valence electrons. The van der Waals surface area contributed by atoms with Crippen molar-refractivity contribution in [1.82, 2.24) is 0 Å². The lowest BCUT2D eigenvalue weighted by atomic mass is 10.2. The first-order valence-electron chi connectivity index (χ1n) is 4.37. The van der Waals surface area contributed by atoms with Crippen molar-refractivity contribution in [2.75, 3.05) is 7.11 Å². The Morgan fingerprint density at radius 1 is 1.40 bits per heavy atom. The fraction of sp³-hybridized carbons (Fsp3) is 0.0833. The molecule has 15 heavy (non-hydrogen) atoms. The molecule has 0 amide bonds. The van der Waals surface area contributed by atoms with E-state index in [9.17, 15) is 4.79 Å². The van der Waals surface area contributed by atoms with Gasteiger partial charge in [-0.2, -0.15) is 0 Å². The Morgan fingerprint density at radius 2 is 2.27 bits per heavy atom. The van der Waals surface area contributed by atoms with Gasteiger partial charge in [0.2, 0.25) is 0 Å². The van der Waals surface area contributed by atoms with Crippen LogP contribution in [0.1, 0.15) is 5.56 Å². The Hall–Kier alpha value is -1.79. The maximum Gasteiger partial charge on any atom is 0.384 e. The van der Waals surface area contributed by atoms with Crippen LogP contribution in [-0.4, -0.2) is 13.1 Å². The summed E-state index contributed by atoms with van der Waals surface area (Å²) in [5.41, 5.74) is 0.868. The fourth-order valence-corrected chi connectivity index (χ4v) is 2.13. The standard InChI is InChI=1S/C12H8O2S/c1-14-11(13)6-5-9-3-2-4-10-7-8-15-12(9)10/h2-4,7-8H,1H3. The summed E-state index contributed by atoms with van der Waals surface area (Å²) in [4.78, 5) is 10.9. The molecule has 1 aromatic heterocycles. The van der Waals surface area contributed by atoms with E-state index in [0.29, 0.717) is 0 Å². The van der Waals surface area contributed by atoms with Crippen molar-refractivity contribution >= 4 is 27.4 Å². The number of benzene rings is 1. The Labute approximate surface area is 91.5 Å². The molecular formula is C12H8O2S. The second-order valence-corrected chi connectivity index (χ2v) is 3.80. The molecule has 0 atom stereocenters. The SMILES string of the molecule is COC(=O)C#Cc1cccc2ccsc12. The highest BCUT2D eigenvalue weighted by atomic mass is 32.1. The van der Waals surface area contributed by atoms with E-state index in [2.05, 4.69) is 16.6 Å². The topological polar surface area (TPSA) is 26.3 Å². The molecule has 2 aromatic rings. The number of methoxy groups -OCH3 is 1. The second-order valence-electron chi connectivity index (χ2n) is 2.89. The molecule has 0 aliphatic rings. The quantitative estimate of drug-likeness (QED) is 0.499. The van der Waals surface area contributed by atoms with Gasteiger partial charge in [0.15, 0.2) is 0 Å². The van der Waals surface area contributed by atoms with Gasteiger partial charge in [-0.15, -0.1) is 11.3 Å². The van der Waals surface area contributed by atoms with Crippen LogP contribution >= 0.6 is 11.3 Å². The van der Waals surface area contributed by atoms with Crippen molar-refractivity contribution in [2.45, 2.75) is 0 Å². The van der Waals surface area contributed by atoms with Crippen LogP contribution in [0.5, 0.6) is 0 Å². The molecule has 2 nitrogen and oxygen atoms in total. The van der Waals surface area contributed by atoms with Gasteiger partial charge in [-0.1, -0.05) is 18.1 Å². The lowest BCUT2D eigenvalue weighted by Crippen LogP contribution is -1.94. The normalized spacial score (nSPS) is 9.40. The zero-order valence-electron chi connectivity index (χ0n) is 8.11. The van der Waals surface area contributed by atoms with Crippen LogP contribution in [-0.2, 0) is 9.53 Å². The van der Waals surface area contributed by atoms with E-state index >= 15 is 0 Å². The summed E-state index contributed by atoms with van der Waals surface area (Å²) in [6.07, 6.45) is 0. The summed E-state index contributed by atoms with van der Waals surface area (Å²) in [6.45, 7) is 0. The average Bonchev–Trinajstić information content (AvgIpc) is 2.74. The van der Waals surface area contributed by atoms with Crippen LogP contribution in [0.15, 0.2) is 29.6 Å². The van der Waals surface area contributed by atoms with Crippen molar-refractivity contribution < 1.29 is 9.53 Å². The van der Waals surface area contributed by atoms with Crippen LogP contribution < -0.4 is 0 Å². The number of thiophene rings is 1. The summed E-state index contributed by atoms with van der Waals surface area (Å²) < 4.78 is 5.56. The molecule has 0 unspecified atom stereocenters. The van der Waals surface area contributed by atoms with E-state index in [1.54, 1.807) is 11.3 Å². The molecule has 0 fully saturated rings. The molecule has 2 rings (SSSR count). The van der Waals surface area contributed by atoms with Crippen molar-refractivity contribution in [3.8, 4) is 11.8 Å². The van der Waals surface area contributed by atoms with E-state index in [4.69, 9.17) is 0 Å². The molecule has 0 saturated heterocycles. The molecule has 0 spiro atoms. The van der Waals surface area contributed by atoms with Gasteiger partial charge in [-0.05, 0) is 22.9 Å². The number of ether oxygens (including phenoxy) is 1. The van der Waals surface area contributed by atoms with Crippen molar-refractivity contribution in [2.24, 2.45) is 0 Å². The maximum absolute atomic E-state index is 10.9. The minimum absolute atomic E-state index is 0.511. The fourth-order valence-electron chi connectivity index (χ4n) is 1.26. The van der Waals surface area contributed by atoms with E-state index in [1.807, 2.05) is 29.6 Å². The molecule has 0 saturated carbocycles. The van der Waals surface area contributed by atoms with Gasteiger partial charge in [0, 0.05) is 16.2 Å². The Bertz CT molecular complexity index is 557. The van der Waals surface area contributed by atoms with Gasteiger partial charge in [-0.25, -0.2) is 4.79 Å². The monoisotopic (exact) mass is 216 g/mol. The second kappa shape index (κ2) is 4.16. The van der Waals surface area contributed by atoms with Gasteiger partial charge in [0.1, 0.15) is 0 Å². The molecule has 0 N–H and O–H groups in total. The number of carbonyl (C=O) groups excluding carboxylic acids is 1. The minimum atomic E-state index is -0.511. The Kier molecular flexibility index (Phi) is 2.70. The predicted octanol–water partition coefficient (Wildman–Crippen LogP) is 2.43. The highest BCUT2D eigenvalue weighted by Crippen LogP contribution is 2.23. The summed E-state index contributed by atoms with van der Waals surface area (Å²) >= 11 is 1.62. The van der Waals surface area contributed by atoms with E-state index in [1.165, 1.54) is 7.11 Å². The number of carbonyl (C=O) groups is 1. The maximum atomic E-state index is 10.9. The van der Waals surface area contributed by atoms with E-state index < -0.39 is 5.97 Å². The highest BCUT2D eigenvalue weighted by molar-refractivity contribution is 7.17. The van der Waals surface area contributed by atoms with Gasteiger partial charge in [-0.3, -0.25) is 0 Å². The Morgan fingerprint density at radius 3 is 3.07 bits per heavy atom. The number of rotatable bonds is 0. The van der Waals surface area contributed by atoms with Crippen LogP contribution in [0.3, 0.4) is 0 Å². The van der Waals surface area contributed by atoms with Gasteiger partial charge < -0.3 is 4.74 Å². The van der Waals surface area contributed by atoms with Crippen LogP contribution in [0.2, 0.25) is 0 Å². The molecule has 0 aliphatic carbocycles. The van der Waals surface area contributed by atoms with E-state index in [-0.39, 0.29) is 0 Å². The van der Waals surface area contributed by atoms with Crippen molar-refractivity contribution in [1.29, 1.82) is 0 Å². The molecule has 0 bridgehead atoms. The van der Waals surface area contributed by atoms with Gasteiger partial charge >= 0.3 is 5.97 Å². The molecule has 3 heteroatoms. The average molecular weight is 216 g/mol. The summed E-state index contributed by atoms with van der Waals surface area (Å²) in [5, 5.41) is 3.16. The zero-order chi connectivity index (χ0) is 10.7. The first-order valence-corrected chi connectivity index (χ1v) is 5.25. The number of fused-ring (bicyclic) bond motifs is 1. The third kappa shape index (κ3) is 2.00. The summed E-state index contributed by atoms with van der Waals surface area (Å²) in [5.74, 6) is 4.73. The highest BCUT2D eigenvalue weighted by Gasteiger charge is 1.99. The smallest absolute Gasteiger partial charge is 0.384 e. The number of hydrogen-bond donors (Lipinski definition) is 0. The largest absolute Gasteiger partial charge is 0.459 e. The third-order valence-corrected chi connectivity index (χ3v) is 2.93. The van der Waals surface area contributed by atoms with Gasteiger partial charge in [0.05, 0.1) is 7.11 Å². The third-order valence-electron chi connectivity index (χ3n) is 1.96. The van der Waals surface area contributed by atoms with Gasteiger partial charge in [0.25, 0.3) is 0 Å².